The molecule has 0 spiro atoms. The van der Waals surface area contributed by atoms with E-state index in [0.29, 0.717) is 17.8 Å². The summed E-state index contributed by atoms with van der Waals surface area (Å²) >= 11 is 0. The normalized spacial score (nSPS) is 11.4. The van der Waals surface area contributed by atoms with E-state index in [2.05, 4.69) is 10.0 Å². The van der Waals surface area contributed by atoms with Gasteiger partial charge in [-0.05, 0) is 67.3 Å². The summed E-state index contributed by atoms with van der Waals surface area (Å²) in [6.07, 6.45) is 0.425. The molecular weight excluding hydrogens is 336 g/mol. The molecule has 0 atom stereocenters. The molecule has 0 unspecified atom stereocenters. The highest BCUT2D eigenvalue weighted by Crippen LogP contribution is 2.20. The summed E-state index contributed by atoms with van der Waals surface area (Å²) in [6.45, 7) is 7.84. The Morgan fingerprint density at radius 2 is 1.56 bits per heavy atom. The van der Waals surface area contributed by atoms with Crippen molar-refractivity contribution in [3.8, 4) is 0 Å². The van der Waals surface area contributed by atoms with Gasteiger partial charge in [-0.2, -0.15) is 0 Å². The maximum atomic E-state index is 12.5. The molecule has 0 bridgehead atoms. The highest BCUT2D eigenvalue weighted by Gasteiger charge is 2.15. The SMILES string of the molecule is Cc1ccc(NS(=O)(=O)c2ccc(NC(=O)CC(C)C)cc2)cc1C. The third-order valence-corrected chi connectivity index (χ3v) is 5.20. The van der Waals surface area contributed by atoms with Crippen LogP contribution >= 0.6 is 0 Å². The van der Waals surface area contributed by atoms with E-state index in [4.69, 9.17) is 0 Å². The van der Waals surface area contributed by atoms with Crippen LogP contribution in [-0.4, -0.2) is 14.3 Å². The van der Waals surface area contributed by atoms with Crippen LogP contribution in [0.4, 0.5) is 11.4 Å². The molecule has 0 aliphatic heterocycles. The molecule has 0 radical (unpaired) electrons. The number of rotatable bonds is 6. The molecule has 6 heteroatoms. The topological polar surface area (TPSA) is 75.3 Å². The predicted molar refractivity (Wildman–Crippen MR) is 101 cm³/mol. The van der Waals surface area contributed by atoms with Crippen molar-refractivity contribution in [2.45, 2.75) is 39.0 Å². The van der Waals surface area contributed by atoms with Crippen LogP contribution in [0.25, 0.3) is 0 Å². The maximum Gasteiger partial charge on any atom is 0.261 e. The molecule has 0 heterocycles. The number of aryl methyl sites for hydroxylation is 2. The monoisotopic (exact) mass is 360 g/mol. The Labute approximate surface area is 149 Å². The van der Waals surface area contributed by atoms with E-state index in [9.17, 15) is 13.2 Å². The summed E-state index contributed by atoms with van der Waals surface area (Å²) < 4.78 is 27.5. The number of carbonyl (C=O) groups excluding carboxylic acids is 1. The summed E-state index contributed by atoms with van der Waals surface area (Å²) in [5, 5.41) is 2.76. The standard InChI is InChI=1S/C19H24N2O3S/c1-13(2)11-19(22)20-16-7-9-18(10-8-16)25(23,24)21-17-6-5-14(3)15(4)12-17/h5-10,12-13,21H,11H2,1-4H3,(H,20,22). The second-order valence-electron chi connectivity index (χ2n) is 6.58. The summed E-state index contributed by atoms with van der Waals surface area (Å²) in [7, 11) is -3.67. The van der Waals surface area contributed by atoms with E-state index >= 15 is 0 Å². The number of nitrogens with one attached hydrogen (secondary N) is 2. The molecule has 0 aromatic heterocycles. The second kappa shape index (κ2) is 7.70. The first kappa shape index (κ1) is 19.0. The molecule has 2 N–H and O–H groups in total. The summed E-state index contributed by atoms with van der Waals surface area (Å²) in [5.74, 6) is 0.181. The zero-order chi connectivity index (χ0) is 18.6. The quantitative estimate of drug-likeness (QED) is 0.815. The third kappa shape index (κ3) is 5.32. The Morgan fingerprint density at radius 1 is 0.960 bits per heavy atom. The Kier molecular flexibility index (Phi) is 5.85. The number of amides is 1. The maximum absolute atomic E-state index is 12.5. The van der Waals surface area contributed by atoms with Gasteiger partial charge < -0.3 is 5.32 Å². The fourth-order valence-electron chi connectivity index (χ4n) is 2.32. The largest absolute Gasteiger partial charge is 0.326 e. The zero-order valence-electron chi connectivity index (χ0n) is 15.0. The molecule has 134 valence electrons. The van der Waals surface area contributed by atoms with E-state index < -0.39 is 10.0 Å². The highest BCUT2D eigenvalue weighted by molar-refractivity contribution is 7.92. The Balaban J connectivity index is 2.11. The van der Waals surface area contributed by atoms with Gasteiger partial charge in [-0.3, -0.25) is 9.52 Å². The number of carbonyl (C=O) groups is 1. The summed E-state index contributed by atoms with van der Waals surface area (Å²) in [4.78, 5) is 11.9. The van der Waals surface area contributed by atoms with Crippen LogP contribution < -0.4 is 10.0 Å². The number of anilines is 2. The van der Waals surface area contributed by atoms with Crippen molar-refractivity contribution >= 4 is 27.3 Å². The van der Waals surface area contributed by atoms with Gasteiger partial charge in [0, 0.05) is 17.8 Å². The lowest BCUT2D eigenvalue weighted by atomic mass is 10.1. The Bertz CT molecular complexity index is 857. The van der Waals surface area contributed by atoms with Crippen molar-refractivity contribution in [3.05, 3.63) is 53.6 Å². The molecule has 0 aliphatic carbocycles. The number of hydrogen-bond donors (Lipinski definition) is 2. The van der Waals surface area contributed by atoms with Crippen LogP contribution in [-0.2, 0) is 14.8 Å². The van der Waals surface area contributed by atoms with Crippen LogP contribution in [0.3, 0.4) is 0 Å². The van der Waals surface area contributed by atoms with Crippen molar-refractivity contribution in [1.29, 1.82) is 0 Å². The fourth-order valence-corrected chi connectivity index (χ4v) is 3.37. The van der Waals surface area contributed by atoms with Crippen molar-refractivity contribution in [3.63, 3.8) is 0 Å². The second-order valence-corrected chi connectivity index (χ2v) is 8.26. The molecule has 0 fully saturated rings. The smallest absolute Gasteiger partial charge is 0.261 e. The van der Waals surface area contributed by atoms with E-state index in [0.717, 1.165) is 11.1 Å². The predicted octanol–water partition coefficient (Wildman–Crippen LogP) is 4.09. The van der Waals surface area contributed by atoms with Gasteiger partial charge in [0.15, 0.2) is 0 Å². The van der Waals surface area contributed by atoms with Crippen molar-refractivity contribution in [2.24, 2.45) is 5.92 Å². The van der Waals surface area contributed by atoms with Crippen molar-refractivity contribution in [2.75, 3.05) is 10.0 Å². The molecule has 0 saturated heterocycles. The van der Waals surface area contributed by atoms with Gasteiger partial charge in [-0.25, -0.2) is 8.42 Å². The van der Waals surface area contributed by atoms with Crippen LogP contribution in [0.1, 0.15) is 31.4 Å². The van der Waals surface area contributed by atoms with Crippen LogP contribution in [0.15, 0.2) is 47.4 Å². The average molecular weight is 360 g/mol. The van der Waals surface area contributed by atoms with Crippen LogP contribution in [0.5, 0.6) is 0 Å². The number of hydrogen-bond acceptors (Lipinski definition) is 3. The first-order valence-electron chi connectivity index (χ1n) is 8.17. The van der Waals surface area contributed by atoms with Crippen molar-refractivity contribution in [1.82, 2.24) is 0 Å². The minimum absolute atomic E-state index is 0.0844. The Morgan fingerprint density at radius 3 is 2.12 bits per heavy atom. The van der Waals surface area contributed by atoms with Gasteiger partial charge >= 0.3 is 0 Å². The van der Waals surface area contributed by atoms with Gasteiger partial charge in [0.2, 0.25) is 5.91 Å². The van der Waals surface area contributed by atoms with E-state index in [1.54, 1.807) is 24.3 Å². The molecule has 25 heavy (non-hydrogen) atoms. The minimum Gasteiger partial charge on any atom is -0.326 e. The summed E-state index contributed by atoms with van der Waals surface area (Å²) in [6, 6.07) is 11.6. The van der Waals surface area contributed by atoms with Gasteiger partial charge in [0.1, 0.15) is 0 Å². The average Bonchev–Trinajstić information content (AvgIpc) is 2.50. The first-order valence-corrected chi connectivity index (χ1v) is 9.65. The van der Waals surface area contributed by atoms with Crippen molar-refractivity contribution < 1.29 is 13.2 Å². The molecule has 5 nitrogen and oxygen atoms in total. The van der Waals surface area contributed by atoms with Crippen LogP contribution in [0, 0.1) is 19.8 Å². The van der Waals surface area contributed by atoms with Gasteiger partial charge in [0.25, 0.3) is 10.0 Å². The van der Waals surface area contributed by atoms with Crippen LogP contribution in [0.2, 0.25) is 0 Å². The molecule has 2 aromatic carbocycles. The Hall–Kier alpha value is -2.34. The molecule has 0 saturated carbocycles. The van der Waals surface area contributed by atoms with Gasteiger partial charge in [-0.1, -0.05) is 19.9 Å². The van der Waals surface area contributed by atoms with E-state index in [1.807, 2.05) is 33.8 Å². The fraction of sp³-hybridized carbons (Fsp3) is 0.316. The van der Waals surface area contributed by atoms with E-state index in [1.165, 1.54) is 12.1 Å². The van der Waals surface area contributed by atoms with Gasteiger partial charge in [0.05, 0.1) is 4.90 Å². The lowest BCUT2D eigenvalue weighted by Gasteiger charge is -2.11. The number of benzene rings is 2. The molecule has 2 rings (SSSR count). The lowest BCUT2D eigenvalue weighted by molar-refractivity contribution is -0.116. The molecule has 2 aromatic rings. The zero-order valence-corrected chi connectivity index (χ0v) is 15.8. The van der Waals surface area contributed by atoms with E-state index in [-0.39, 0.29) is 16.7 Å². The minimum atomic E-state index is -3.67. The summed E-state index contributed by atoms with van der Waals surface area (Å²) in [5.41, 5.74) is 3.22. The lowest BCUT2D eigenvalue weighted by Crippen LogP contribution is -2.15. The first-order chi connectivity index (χ1) is 11.7. The highest BCUT2D eigenvalue weighted by atomic mass is 32.2. The molecule has 0 aliphatic rings. The molecular formula is C19H24N2O3S. The molecule has 1 amide bonds. The third-order valence-electron chi connectivity index (χ3n) is 3.80. The number of sulfonamides is 1. The van der Waals surface area contributed by atoms with Gasteiger partial charge in [-0.15, -0.1) is 0 Å².